The molecule has 0 aromatic heterocycles. The topological polar surface area (TPSA) is 39.1 Å². The van der Waals surface area contributed by atoms with E-state index in [1.54, 1.807) is 0 Å². The highest BCUT2D eigenvalue weighted by Gasteiger charge is 2.45. The van der Waals surface area contributed by atoms with Gasteiger partial charge in [0.2, 0.25) is 0 Å². The Labute approximate surface area is 118 Å². The van der Waals surface area contributed by atoms with Gasteiger partial charge in [0.25, 0.3) is 0 Å². The van der Waals surface area contributed by atoms with Crippen LogP contribution in [0.15, 0.2) is 0 Å². The summed E-state index contributed by atoms with van der Waals surface area (Å²) in [6.07, 6.45) is 7.15. The lowest BCUT2D eigenvalue weighted by atomic mass is 9.82. The molecule has 3 heteroatoms. The van der Waals surface area contributed by atoms with Gasteiger partial charge in [-0.3, -0.25) is 10.2 Å². The Balaban J connectivity index is 1.97. The van der Waals surface area contributed by atoms with Crippen molar-refractivity contribution < 1.29 is 0 Å². The van der Waals surface area contributed by atoms with Crippen LogP contribution >= 0.6 is 0 Å². The lowest BCUT2D eigenvalue weighted by molar-refractivity contribution is 0.190. The van der Waals surface area contributed by atoms with Crippen molar-refractivity contribution in [2.45, 2.75) is 70.9 Å². The standard InChI is InChI=1S/C16H29N3/c1-4-15(5-2)9-10-19(13-15)14-7-8-16(11-14,12-17)18-6-3/h14,18H,4-11,13H2,1-3H3. The van der Waals surface area contributed by atoms with Crippen molar-refractivity contribution in [1.29, 1.82) is 5.26 Å². The molecular weight excluding hydrogens is 234 g/mol. The van der Waals surface area contributed by atoms with Gasteiger partial charge in [-0.25, -0.2) is 0 Å². The third kappa shape index (κ3) is 2.80. The van der Waals surface area contributed by atoms with Crippen molar-refractivity contribution in [1.82, 2.24) is 10.2 Å². The van der Waals surface area contributed by atoms with E-state index in [2.05, 4.69) is 37.1 Å². The quantitative estimate of drug-likeness (QED) is 0.829. The Bertz CT molecular complexity index is 342. The molecule has 19 heavy (non-hydrogen) atoms. The van der Waals surface area contributed by atoms with Gasteiger partial charge in [-0.1, -0.05) is 20.8 Å². The summed E-state index contributed by atoms with van der Waals surface area (Å²) in [6, 6.07) is 3.17. The molecule has 0 aromatic rings. The average molecular weight is 263 g/mol. The van der Waals surface area contributed by atoms with E-state index in [-0.39, 0.29) is 5.54 Å². The lowest BCUT2D eigenvalue weighted by Gasteiger charge is -2.30. The molecule has 0 aromatic carbocycles. The molecule has 0 amide bonds. The second kappa shape index (κ2) is 5.81. The van der Waals surface area contributed by atoms with Gasteiger partial charge in [-0.05, 0) is 57.0 Å². The molecule has 1 saturated heterocycles. The molecule has 3 nitrogen and oxygen atoms in total. The molecule has 0 spiro atoms. The molecule has 1 aliphatic heterocycles. The van der Waals surface area contributed by atoms with Crippen molar-refractivity contribution >= 4 is 0 Å². The predicted octanol–water partition coefficient (Wildman–Crippen LogP) is 2.92. The Kier molecular flexibility index (Phi) is 4.53. The molecule has 0 bridgehead atoms. The first kappa shape index (κ1) is 14.8. The molecule has 1 aliphatic carbocycles. The Morgan fingerprint density at radius 1 is 1.26 bits per heavy atom. The SMILES string of the molecule is CCNC1(C#N)CCC(N2CCC(CC)(CC)C2)C1. The van der Waals surface area contributed by atoms with Gasteiger partial charge >= 0.3 is 0 Å². The maximum Gasteiger partial charge on any atom is 0.108 e. The zero-order valence-electron chi connectivity index (χ0n) is 12.8. The molecule has 1 heterocycles. The highest BCUT2D eigenvalue weighted by Crippen LogP contribution is 2.41. The minimum absolute atomic E-state index is 0.247. The maximum absolute atomic E-state index is 9.47. The van der Waals surface area contributed by atoms with Crippen molar-refractivity contribution in [3.63, 3.8) is 0 Å². The molecular formula is C16H29N3. The summed E-state index contributed by atoms with van der Waals surface area (Å²) in [7, 11) is 0. The second-order valence-corrected chi connectivity index (χ2v) is 6.55. The summed E-state index contributed by atoms with van der Waals surface area (Å²) < 4.78 is 0. The van der Waals surface area contributed by atoms with E-state index < -0.39 is 0 Å². The van der Waals surface area contributed by atoms with Crippen LogP contribution in [-0.2, 0) is 0 Å². The highest BCUT2D eigenvalue weighted by molar-refractivity contribution is 5.14. The van der Waals surface area contributed by atoms with E-state index in [0.29, 0.717) is 11.5 Å². The van der Waals surface area contributed by atoms with Crippen LogP contribution < -0.4 is 5.32 Å². The minimum atomic E-state index is -0.247. The van der Waals surface area contributed by atoms with Crippen LogP contribution in [0.5, 0.6) is 0 Å². The smallest absolute Gasteiger partial charge is 0.108 e. The van der Waals surface area contributed by atoms with Gasteiger partial charge in [0.15, 0.2) is 0 Å². The van der Waals surface area contributed by atoms with Crippen molar-refractivity contribution in [3.05, 3.63) is 0 Å². The first-order valence-corrected chi connectivity index (χ1v) is 8.03. The zero-order chi connectivity index (χ0) is 13.9. The summed E-state index contributed by atoms with van der Waals surface area (Å²) in [5.41, 5.74) is 0.305. The highest BCUT2D eigenvalue weighted by atomic mass is 15.2. The van der Waals surface area contributed by atoms with Crippen molar-refractivity contribution in [2.75, 3.05) is 19.6 Å². The molecule has 2 aliphatic rings. The first-order valence-electron chi connectivity index (χ1n) is 8.03. The summed E-state index contributed by atoms with van der Waals surface area (Å²) in [4.78, 5) is 2.67. The van der Waals surface area contributed by atoms with E-state index in [0.717, 1.165) is 19.4 Å². The maximum atomic E-state index is 9.47. The first-order chi connectivity index (χ1) is 9.12. The Hall–Kier alpha value is -0.590. The van der Waals surface area contributed by atoms with Crippen LogP contribution in [0.1, 0.15) is 59.3 Å². The van der Waals surface area contributed by atoms with Gasteiger partial charge in [0, 0.05) is 12.6 Å². The average Bonchev–Trinajstić information content (AvgIpc) is 3.04. The number of nitrogens with zero attached hydrogens (tertiary/aromatic N) is 2. The van der Waals surface area contributed by atoms with E-state index >= 15 is 0 Å². The number of likely N-dealkylation sites (tertiary alicyclic amines) is 1. The number of nitriles is 1. The number of rotatable bonds is 5. The predicted molar refractivity (Wildman–Crippen MR) is 78.9 cm³/mol. The molecule has 2 unspecified atom stereocenters. The van der Waals surface area contributed by atoms with Gasteiger partial charge in [0.05, 0.1) is 6.07 Å². The van der Waals surface area contributed by atoms with Gasteiger partial charge in [-0.2, -0.15) is 5.26 Å². The Morgan fingerprint density at radius 3 is 2.53 bits per heavy atom. The third-order valence-electron chi connectivity index (χ3n) is 5.70. The van der Waals surface area contributed by atoms with Crippen LogP contribution in [0.3, 0.4) is 0 Å². The van der Waals surface area contributed by atoms with E-state index in [4.69, 9.17) is 0 Å². The monoisotopic (exact) mass is 263 g/mol. The largest absolute Gasteiger partial charge is 0.300 e. The molecule has 0 radical (unpaired) electrons. The lowest BCUT2D eigenvalue weighted by Crippen LogP contribution is -2.43. The summed E-state index contributed by atoms with van der Waals surface area (Å²) in [5.74, 6) is 0. The third-order valence-corrected chi connectivity index (χ3v) is 5.70. The van der Waals surface area contributed by atoms with Crippen LogP contribution in [0.25, 0.3) is 0 Å². The molecule has 2 fully saturated rings. The van der Waals surface area contributed by atoms with E-state index in [9.17, 15) is 5.26 Å². The van der Waals surface area contributed by atoms with Crippen LogP contribution in [0.4, 0.5) is 0 Å². The van der Waals surface area contributed by atoms with E-state index in [1.165, 1.54) is 38.8 Å². The zero-order valence-corrected chi connectivity index (χ0v) is 12.8. The normalized spacial score (nSPS) is 34.5. The van der Waals surface area contributed by atoms with Gasteiger partial charge < -0.3 is 0 Å². The van der Waals surface area contributed by atoms with Crippen LogP contribution in [-0.4, -0.2) is 36.1 Å². The molecule has 1 saturated carbocycles. The fraction of sp³-hybridized carbons (Fsp3) is 0.938. The fourth-order valence-corrected chi connectivity index (χ4v) is 4.08. The Morgan fingerprint density at radius 2 is 2.00 bits per heavy atom. The molecule has 1 N–H and O–H groups in total. The second-order valence-electron chi connectivity index (χ2n) is 6.55. The number of nitrogens with one attached hydrogen (secondary N) is 1. The summed E-state index contributed by atoms with van der Waals surface area (Å²) in [5, 5.41) is 12.9. The number of hydrogen-bond acceptors (Lipinski definition) is 3. The van der Waals surface area contributed by atoms with Crippen molar-refractivity contribution in [2.24, 2.45) is 5.41 Å². The summed E-state index contributed by atoms with van der Waals surface area (Å²) >= 11 is 0. The molecule has 2 atom stereocenters. The van der Waals surface area contributed by atoms with Crippen molar-refractivity contribution in [3.8, 4) is 6.07 Å². The van der Waals surface area contributed by atoms with Crippen LogP contribution in [0.2, 0.25) is 0 Å². The van der Waals surface area contributed by atoms with Gasteiger partial charge in [0.1, 0.15) is 5.54 Å². The minimum Gasteiger partial charge on any atom is -0.300 e. The molecule has 108 valence electrons. The fourth-order valence-electron chi connectivity index (χ4n) is 4.08. The van der Waals surface area contributed by atoms with Gasteiger partial charge in [-0.15, -0.1) is 0 Å². The number of hydrogen-bond donors (Lipinski definition) is 1. The molecule has 2 rings (SSSR count). The van der Waals surface area contributed by atoms with Crippen LogP contribution in [0, 0.1) is 16.7 Å². The van der Waals surface area contributed by atoms with E-state index in [1.807, 2.05) is 0 Å². The summed E-state index contributed by atoms with van der Waals surface area (Å²) in [6.45, 7) is 10.1.